The van der Waals surface area contributed by atoms with Crippen molar-refractivity contribution in [2.45, 2.75) is 0 Å². The molecule has 0 aliphatic heterocycles. The van der Waals surface area contributed by atoms with Gasteiger partial charge < -0.3 is 14.2 Å². The molecule has 2 fully saturated rings. The Bertz CT molecular complexity index is 874. The van der Waals surface area contributed by atoms with Crippen LogP contribution in [0.25, 0.3) is 0 Å². The average molecular weight is 790 g/mol. The number of para-hydroxylation sites is 2. The summed E-state index contributed by atoms with van der Waals surface area (Å²) in [7, 11) is -21.3. The Hall–Kier alpha value is -0.941. The fourth-order valence-corrected chi connectivity index (χ4v) is 2.21. The fourth-order valence-electron chi connectivity index (χ4n) is 2.21. The van der Waals surface area contributed by atoms with Crippen LogP contribution in [-0.4, -0.2) is 26.4 Å². The first kappa shape index (κ1) is 48.5. The molecule has 2 saturated carbocycles. The minimum Gasteiger partial charge on any atom is -0.491 e. The molecule has 0 unspecified atom stereocenters. The molecule has 45 heavy (non-hydrogen) atoms. The van der Waals surface area contributed by atoms with E-state index in [0.717, 1.165) is 11.5 Å². The number of hydrogen-bond acceptors (Lipinski definition) is 3. The summed E-state index contributed by atoms with van der Waals surface area (Å²) in [6.07, 6.45) is 20.0. The minimum atomic E-state index is -10.7. The average Bonchev–Trinajstić information content (AvgIpc) is 3.61. The van der Waals surface area contributed by atoms with Gasteiger partial charge in [-0.3, -0.25) is 0 Å². The maximum absolute atomic E-state index is 10.7. The van der Waals surface area contributed by atoms with Crippen LogP contribution in [0.15, 0.2) is 60.7 Å². The molecule has 0 aromatic heterocycles. The van der Waals surface area contributed by atoms with E-state index in [0.29, 0.717) is 26.4 Å². The van der Waals surface area contributed by atoms with Crippen molar-refractivity contribution in [2.24, 2.45) is 0 Å². The first-order valence-corrected chi connectivity index (χ1v) is 15.8. The van der Waals surface area contributed by atoms with Crippen LogP contribution in [-0.2, 0) is 38.9 Å². The summed E-state index contributed by atoms with van der Waals surface area (Å²) in [5.74, 6) is 1.73. The topological polar surface area (TPSA) is 27.7 Å². The van der Waals surface area contributed by atoms with Gasteiger partial charge in [0.2, 0.25) is 0 Å². The molecule has 0 spiro atoms. The van der Waals surface area contributed by atoms with Crippen molar-refractivity contribution in [3.63, 3.8) is 0 Å². The van der Waals surface area contributed by atoms with Crippen LogP contribution in [0.2, 0.25) is 0 Å². The maximum Gasteiger partial charge on any atom is 2.00 e. The van der Waals surface area contributed by atoms with Gasteiger partial charge in [-0.05, 0) is 88.5 Å². The molecule has 2 aliphatic rings. The second-order valence-electron chi connectivity index (χ2n) is 7.78. The van der Waals surface area contributed by atoms with Crippen molar-refractivity contribution in [3.05, 3.63) is 125 Å². The van der Waals surface area contributed by atoms with Gasteiger partial charge in [0.15, 0.2) is 0 Å². The number of hydrogen-bond donors (Lipinski definition) is 0. The minimum absolute atomic E-state index is 0. The summed E-state index contributed by atoms with van der Waals surface area (Å²) < 4.78 is 135. The van der Waals surface area contributed by atoms with E-state index in [1.807, 2.05) is 125 Å². The molecule has 0 heterocycles. The molecule has 2 aromatic carbocycles. The summed E-state index contributed by atoms with van der Waals surface area (Å²) >= 11 is 0. The summed E-state index contributed by atoms with van der Waals surface area (Å²) in [5, 5.41) is 0. The van der Waals surface area contributed by atoms with Gasteiger partial charge in [-0.15, -0.1) is 0 Å². The van der Waals surface area contributed by atoms with E-state index in [1.54, 1.807) is 0 Å². The van der Waals surface area contributed by atoms with Crippen LogP contribution in [0.4, 0.5) is 50.4 Å². The molecule has 0 amide bonds. The smallest absolute Gasteiger partial charge is 0.491 e. The Morgan fingerprint density at radius 2 is 0.556 bits per heavy atom. The molecule has 10 radical (unpaired) electrons. The largest absolute Gasteiger partial charge is 2.00 e. The Balaban J connectivity index is -0.000000561. The Morgan fingerprint density at radius 3 is 0.756 bits per heavy atom. The molecule has 3 nitrogen and oxygen atoms in total. The summed E-state index contributed by atoms with van der Waals surface area (Å²) in [5.41, 5.74) is 0. The third kappa shape index (κ3) is 59.1. The van der Waals surface area contributed by atoms with E-state index in [-0.39, 0.29) is 34.1 Å². The molecule has 19 heteroatoms. The van der Waals surface area contributed by atoms with Crippen molar-refractivity contribution in [1.82, 2.24) is 0 Å². The van der Waals surface area contributed by atoms with Crippen LogP contribution in [0.3, 0.4) is 0 Å². The van der Waals surface area contributed by atoms with E-state index >= 15 is 0 Å². The Labute approximate surface area is 276 Å². The zero-order chi connectivity index (χ0) is 33.1. The molecule has 4 rings (SSSR count). The van der Waals surface area contributed by atoms with E-state index in [9.17, 15) is 50.4 Å². The predicted molar refractivity (Wildman–Crippen MR) is 145 cm³/mol. The summed E-state index contributed by atoms with van der Waals surface area (Å²) in [6.45, 7) is 2.23. The Morgan fingerprint density at radius 1 is 0.356 bits per heavy atom. The first-order chi connectivity index (χ1) is 19.3. The molecular weight excluding hydrogens is 762 g/mol. The standard InChI is InChI=1S/C16H18O3.2C5H5.2F6P.2Fe/c1-3-7-15(8-4-1)18-13-11-17-12-14-19-16-9-5-2-6-10-16;2*1-2-4-5-3-1;2*1-7(2,3,4,5)6;;/h1-10H,11-14H2;2*1-5H;;;;/q;;;2*-1;2*+2. The second kappa shape index (κ2) is 19.8. The first-order valence-electron chi connectivity index (χ1n) is 11.7. The number of benzene rings is 2. The molecular formula is C26H28F12Fe2O3P2+2. The van der Waals surface area contributed by atoms with E-state index < -0.39 is 15.6 Å². The molecule has 0 bridgehead atoms. The Kier molecular flexibility index (Phi) is 21.3. The van der Waals surface area contributed by atoms with Crippen LogP contribution in [0.1, 0.15) is 0 Å². The molecule has 258 valence electrons. The van der Waals surface area contributed by atoms with Crippen molar-refractivity contribution in [2.75, 3.05) is 26.4 Å². The van der Waals surface area contributed by atoms with Crippen molar-refractivity contribution in [3.8, 4) is 11.5 Å². The van der Waals surface area contributed by atoms with E-state index in [2.05, 4.69) is 0 Å². The van der Waals surface area contributed by atoms with Gasteiger partial charge in [0.25, 0.3) is 0 Å². The molecule has 2 aromatic rings. The number of ether oxygens (including phenoxy) is 3. The van der Waals surface area contributed by atoms with Gasteiger partial charge in [-0.2, -0.15) is 0 Å². The van der Waals surface area contributed by atoms with Gasteiger partial charge in [0.1, 0.15) is 24.7 Å². The zero-order valence-electron chi connectivity index (χ0n) is 22.7. The third-order valence-corrected chi connectivity index (χ3v) is 3.59. The zero-order valence-corrected chi connectivity index (χ0v) is 26.7. The van der Waals surface area contributed by atoms with Gasteiger partial charge >= 0.3 is 100 Å². The van der Waals surface area contributed by atoms with Crippen LogP contribution in [0, 0.1) is 64.2 Å². The normalized spacial score (nSPS) is 16.8. The quantitative estimate of drug-likeness (QED) is 0.115. The predicted octanol–water partition coefficient (Wildman–Crippen LogP) is 12.0. The summed E-state index contributed by atoms with van der Waals surface area (Å²) in [6, 6.07) is 19.4. The number of halogens is 12. The monoisotopic (exact) mass is 790 g/mol. The van der Waals surface area contributed by atoms with Gasteiger partial charge in [-0.1, -0.05) is 36.4 Å². The van der Waals surface area contributed by atoms with Crippen LogP contribution >= 0.6 is 15.6 Å². The van der Waals surface area contributed by atoms with Crippen molar-refractivity contribution in [1.29, 1.82) is 0 Å². The van der Waals surface area contributed by atoms with Gasteiger partial charge in [0.05, 0.1) is 13.2 Å². The maximum atomic E-state index is 9.87. The van der Waals surface area contributed by atoms with Crippen LogP contribution < -0.4 is 9.47 Å². The molecule has 0 atom stereocenters. The van der Waals surface area contributed by atoms with Gasteiger partial charge in [0, 0.05) is 0 Å². The number of rotatable bonds is 8. The van der Waals surface area contributed by atoms with Crippen LogP contribution in [0.5, 0.6) is 11.5 Å². The molecule has 0 saturated heterocycles. The van der Waals surface area contributed by atoms with E-state index in [1.165, 1.54) is 0 Å². The summed E-state index contributed by atoms with van der Waals surface area (Å²) in [4.78, 5) is 0. The fraction of sp³-hybridized carbons (Fsp3) is 0.154. The van der Waals surface area contributed by atoms with E-state index in [4.69, 9.17) is 14.2 Å². The van der Waals surface area contributed by atoms with Gasteiger partial charge in [-0.25, -0.2) is 0 Å². The molecule has 2 aliphatic carbocycles. The SMILES string of the molecule is F[P-](F)(F)(F)(F)F.F[P-](F)(F)(F)(F)F.[CH]1[CH][CH][CH][CH]1.[CH]1[CH][CH][CH][CH]1.[Fe+2].[Fe+2].c1ccc(OCCOCCOc2ccccc2)cc1. The second-order valence-corrected chi connectivity index (χ2v) is 11.6. The molecule has 0 N–H and O–H groups in total. The third-order valence-electron chi connectivity index (χ3n) is 3.59. The van der Waals surface area contributed by atoms with Crippen molar-refractivity contribution < 1.29 is 98.7 Å². The van der Waals surface area contributed by atoms with Crippen molar-refractivity contribution >= 4 is 15.6 Å².